The number of anilines is 1. The van der Waals surface area contributed by atoms with Crippen LogP contribution in [0.25, 0.3) is 0 Å². The molecule has 2 aromatic rings. The Kier molecular flexibility index (Phi) is 6.19. The summed E-state index contributed by atoms with van der Waals surface area (Å²) in [4.78, 5) is 23.9. The lowest BCUT2D eigenvalue weighted by Crippen LogP contribution is -2.30. The first kappa shape index (κ1) is 20.8. The third kappa shape index (κ3) is 5.03. The van der Waals surface area contributed by atoms with Gasteiger partial charge in [0.1, 0.15) is 5.82 Å². The summed E-state index contributed by atoms with van der Waals surface area (Å²) in [7, 11) is -4.14. The van der Waals surface area contributed by atoms with Gasteiger partial charge in [-0.3, -0.25) is 4.79 Å². The van der Waals surface area contributed by atoms with Gasteiger partial charge in [0.2, 0.25) is 10.0 Å². The van der Waals surface area contributed by atoms with Crippen LogP contribution in [0.15, 0.2) is 41.3 Å². The second-order valence-electron chi connectivity index (χ2n) is 5.64. The second kappa shape index (κ2) is 8.03. The van der Waals surface area contributed by atoms with Crippen LogP contribution in [0.1, 0.15) is 22.8 Å². The number of primary sulfonamides is 1. The van der Waals surface area contributed by atoms with Crippen LogP contribution < -0.4 is 10.5 Å². The molecule has 0 spiro atoms. The second-order valence-corrected chi connectivity index (χ2v) is 7.60. The monoisotopic (exact) mass is 414 g/mol. The van der Waals surface area contributed by atoms with E-state index in [4.69, 9.17) is 21.5 Å². The number of ether oxygens (including phenoxy) is 1. The molecule has 0 aromatic heterocycles. The van der Waals surface area contributed by atoms with E-state index in [-0.39, 0.29) is 0 Å². The van der Waals surface area contributed by atoms with E-state index in [1.165, 1.54) is 6.92 Å². The van der Waals surface area contributed by atoms with Crippen LogP contribution in [-0.4, -0.2) is 26.4 Å². The molecule has 2 rings (SSSR count). The molecule has 0 saturated heterocycles. The highest BCUT2D eigenvalue weighted by atomic mass is 35.5. The molecule has 27 heavy (non-hydrogen) atoms. The first-order valence-corrected chi connectivity index (χ1v) is 9.52. The van der Waals surface area contributed by atoms with E-state index >= 15 is 0 Å². The maximum absolute atomic E-state index is 13.9. The minimum absolute atomic E-state index is 0.429. The number of hydrogen-bond donors (Lipinski definition) is 2. The van der Waals surface area contributed by atoms with Gasteiger partial charge >= 0.3 is 5.97 Å². The molecule has 0 bridgehead atoms. The molecule has 144 valence electrons. The van der Waals surface area contributed by atoms with E-state index < -0.39 is 44.3 Å². The summed E-state index contributed by atoms with van der Waals surface area (Å²) in [6.45, 7) is 2.98. The average molecular weight is 415 g/mol. The van der Waals surface area contributed by atoms with Crippen LogP contribution in [0.3, 0.4) is 0 Å². The normalized spacial score (nSPS) is 12.3. The summed E-state index contributed by atoms with van der Waals surface area (Å²) >= 11 is 5.97. The molecule has 0 radical (unpaired) electrons. The molecule has 0 aliphatic carbocycles. The van der Waals surface area contributed by atoms with E-state index in [1.807, 2.05) is 0 Å². The number of sulfonamides is 1. The summed E-state index contributed by atoms with van der Waals surface area (Å²) in [5.41, 5.74) is 0.399. The molecule has 1 atom stereocenters. The SMILES string of the molecule is Cc1c(Cl)cccc1NC(=O)[C@@H](C)OC(=O)c1cc(S(N)(=O)=O)ccc1F. The minimum Gasteiger partial charge on any atom is -0.449 e. The Morgan fingerprint density at radius 2 is 1.93 bits per heavy atom. The molecule has 0 unspecified atom stereocenters. The van der Waals surface area contributed by atoms with Crippen molar-refractivity contribution in [2.75, 3.05) is 5.32 Å². The lowest BCUT2D eigenvalue weighted by Gasteiger charge is -2.15. The molecule has 0 aliphatic rings. The number of rotatable bonds is 5. The Labute approximate surface area is 160 Å². The van der Waals surface area contributed by atoms with Crippen molar-refractivity contribution in [3.05, 3.63) is 58.4 Å². The predicted molar refractivity (Wildman–Crippen MR) is 97.5 cm³/mol. The molecule has 10 heteroatoms. The highest BCUT2D eigenvalue weighted by molar-refractivity contribution is 7.89. The van der Waals surface area contributed by atoms with Crippen molar-refractivity contribution in [3.8, 4) is 0 Å². The van der Waals surface area contributed by atoms with Crippen LogP contribution in [-0.2, 0) is 19.6 Å². The van der Waals surface area contributed by atoms with Crippen molar-refractivity contribution in [2.24, 2.45) is 5.14 Å². The van der Waals surface area contributed by atoms with Gasteiger partial charge in [-0.15, -0.1) is 0 Å². The standard InChI is InChI=1S/C17H16ClFN2O5S/c1-9-13(18)4-3-5-15(9)21-16(22)10(2)26-17(23)12-8-11(27(20,24)25)6-7-14(12)19/h3-8,10H,1-2H3,(H,21,22)(H2,20,24,25)/t10-/m1/s1. The molecule has 2 aromatic carbocycles. The van der Waals surface area contributed by atoms with Crippen LogP contribution in [0, 0.1) is 12.7 Å². The molecule has 0 heterocycles. The summed E-state index contributed by atoms with van der Waals surface area (Å²) in [6, 6.07) is 7.34. The molecule has 0 fully saturated rings. The van der Waals surface area contributed by atoms with Crippen molar-refractivity contribution in [1.82, 2.24) is 0 Å². The van der Waals surface area contributed by atoms with Crippen LogP contribution in [0.2, 0.25) is 5.02 Å². The zero-order valence-corrected chi connectivity index (χ0v) is 15.9. The van der Waals surface area contributed by atoms with E-state index in [0.717, 1.165) is 18.2 Å². The lowest BCUT2D eigenvalue weighted by molar-refractivity contribution is -0.123. The van der Waals surface area contributed by atoms with Crippen molar-refractivity contribution in [2.45, 2.75) is 24.8 Å². The Morgan fingerprint density at radius 1 is 1.26 bits per heavy atom. The van der Waals surface area contributed by atoms with Gasteiger partial charge in [-0.1, -0.05) is 17.7 Å². The van der Waals surface area contributed by atoms with Gasteiger partial charge in [0.25, 0.3) is 5.91 Å². The van der Waals surface area contributed by atoms with Gasteiger partial charge in [-0.05, 0) is 49.7 Å². The van der Waals surface area contributed by atoms with Gasteiger partial charge < -0.3 is 10.1 Å². The number of halogens is 2. The van der Waals surface area contributed by atoms with E-state index in [9.17, 15) is 22.4 Å². The maximum atomic E-state index is 13.9. The van der Waals surface area contributed by atoms with E-state index in [0.29, 0.717) is 16.3 Å². The van der Waals surface area contributed by atoms with Gasteiger partial charge in [0.05, 0.1) is 10.5 Å². The van der Waals surface area contributed by atoms with E-state index in [2.05, 4.69) is 5.32 Å². The maximum Gasteiger partial charge on any atom is 0.341 e. The number of carbonyl (C=O) groups excluding carboxylic acids is 2. The third-order valence-electron chi connectivity index (χ3n) is 3.66. The quantitative estimate of drug-likeness (QED) is 0.729. The number of amides is 1. The van der Waals surface area contributed by atoms with Crippen molar-refractivity contribution >= 4 is 39.2 Å². The van der Waals surface area contributed by atoms with Crippen LogP contribution >= 0.6 is 11.6 Å². The molecule has 0 aliphatic heterocycles. The lowest BCUT2D eigenvalue weighted by atomic mass is 10.2. The van der Waals surface area contributed by atoms with Gasteiger partial charge in [-0.2, -0.15) is 0 Å². The van der Waals surface area contributed by atoms with Crippen molar-refractivity contribution in [1.29, 1.82) is 0 Å². The summed E-state index contributed by atoms with van der Waals surface area (Å²) in [5.74, 6) is -2.88. The van der Waals surface area contributed by atoms with Crippen molar-refractivity contribution < 1.29 is 27.1 Å². The molecule has 0 saturated carbocycles. The summed E-state index contributed by atoms with van der Waals surface area (Å²) in [5, 5.41) is 7.95. The molecular weight excluding hydrogens is 399 g/mol. The zero-order chi connectivity index (χ0) is 20.4. The first-order chi connectivity index (χ1) is 12.5. The fourth-order valence-electron chi connectivity index (χ4n) is 2.09. The average Bonchev–Trinajstić information content (AvgIpc) is 2.58. The molecule has 7 nitrogen and oxygen atoms in total. The summed E-state index contributed by atoms with van der Waals surface area (Å²) in [6.07, 6.45) is -1.28. The number of benzene rings is 2. The number of nitrogens with two attached hydrogens (primary N) is 1. The predicted octanol–water partition coefficient (Wildman–Crippen LogP) is 2.62. The smallest absolute Gasteiger partial charge is 0.341 e. The highest BCUT2D eigenvalue weighted by Gasteiger charge is 2.23. The van der Waals surface area contributed by atoms with Crippen molar-refractivity contribution in [3.63, 3.8) is 0 Å². The van der Waals surface area contributed by atoms with Gasteiger partial charge in [0.15, 0.2) is 6.10 Å². The molecule has 3 N–H and O–H groups in total. The Bertz CT molecular complexity index is 1010. The number of nitrogens with one attached hydrogen (secondary N) is 1. The highest BCUT2D eigenvalue weighted by Crippen LogP contribution is 2.23. The topological polar surface area (TPSA) is 116 Å². The number of hydrogen-bond acceptors (Lipinski definition) is 5. The zero-order valence-electron chi connectivity index (χ0n) is 14.3. The number of carbonyl (C=O) groups is 2. The van der Waals surface area contributed by atoms with Gasteiger partial charge in [0, 0.05) is 10.7 Å². The third-order valence-corrected chi connectivity index (χ3v) is 4.99. The first-order valence-electron chi connectivity index (χ1n) is 7.60. The van der Waals surface area contributed by atoms with Crippen LogP contribution in [0.5, 0.6) is 0 Å². The van der Waals surface area contributed by atoms with E-state index in [1.54, 1.807) is 25.1 Å². The Morgan fingerprint density at radius 3 is 2.56 bits per heavy atom. The van der Waals surface area contributed by atoms with Crippen LogP contribution in [0.4, 0.5) is 10.1 Å². The summed E-state index contributed by atoms with van der Waals surface area (Å²) < 4.78 is 41.5. The fraction of sp³-hybridized carbons (Fsp3) is 0.176. The fourth-order valence-corrected chi connectivity index (χ4v) is 2.81. The molecule has 1 amide bonds. The van der Waals surface area contributed by atoms with Gasteiger partial charge in [-0.25, -0.2) is 22.7 Å². The Hall–Kier alpha value is -2.49. The largest absolute Gasteiger partial charge is 0.449 e. The number of esters is 1. The molecular formula is C17H16ClFN2O5S. The Balaban J connectivity index is 2.15. The minimum atomic E-state index is -4.14.